The van der Waals surface area contributed by atoms with Crippen LogP contribution in [-0.4, -0.2) is 29.9 Å². The molecule has 0 radical (unpaired) electrons. The number of hydrogen-bond acceptors (Lipinski definition) is 5. The van der Waals surface area contributed by atoms with Gasteiger partial charge in [0.2, 0.25) is 10.0 Å². The quantitative estimate of drug-likeness (QED) is 0.806. The van der Waals surface area contributed by atoms with Crippen LogP contribution in [0.15, 0.2) is 58.3 Å². The van der Waals surface area contributed by atoms with Crippen molar-refractivity contribution in [3.63, 3.8) is 0 Å². The minimum Gasteiger partial charge on any atom is -0.370 e. The van der Waals surface area contributed by atoms with E-state index in [1.807, 2.05) is 12.1 Å². The van der Waals surface area contributed by atoms with E-state index in [9.17, 15) is 16.8 Å². The first kappa shape index (κ1) is 18.7. The number of rotatable bonds is 5. The molecule has 1 saturated heterocycles. The lowest BCUT2D eigenvalue weighted by Gasteiger charge is -2.30. The number of hydrogen-bond donors (Lipinski definition) is 2. The van der Waals surface area contributed by atoms with E-state index in [2.05, 4.69) is 9.62 Å². The normalized spacial score (nSPS) is 15.7. The van der Waals surface area contributed by atoms with Crippen molar-refractivity contribution in [3.05, 3.63) is 48.5 Å². The second-order valence-electron chi connectivity index (χ2n) is 6.19. The molecule has 0 amide bonds. The van der Waals surface area contributed by atoms with Crippen LogP contribution in [0.5, 0.6) is 0 Å². The van der Waals surface area contributed by atoms with Crippen molar-refractivity contribution >= 4 is 31.4 Å². The molecule has 0 atom stereocenters. The van der Waals surface area contributed by atoms with Gasteiger partial charge in [0.1, 0.15) is 0 Å². The van der Waals surface area contributed by atoms with Gasteiger partial charge in [0, 0.05) is 13.1 Å². The Morgan fingerprint density at radius 3 is 2.00 bits per heavy atom. The molecule has 0 bridgehead atoms. The summed E-state index contributed by atoms with van der Waals surface area (Å²) in [6.45, 7) is 1.78. The predicted octanol–water partition coefficient (Wildman–Crippen LogP) is 2.13. The summed E-state index contributed by atoms with van der Waals surface area (Å²) >= 11 is 0. The number of anilines is 2. The monoisotopic (exact) mass is 395 g/mol. The highest BCUT2D eigenvalue weighted by molar-refractivity contribution is 7.92. The van der Waals surface area contributed by atoms with Gasteiger partial charge in [-0.25, -0.2) is 22.0 Å². The Morgan fingerprint density at radius 2 is 1.38 bits per heavy atom. The van der Waals surface area contributed by atoms with Gasteiger partial charge in [-0.15, -0.1) is 0 Å². The van der Waals surface area contributed by atoms with Gasteiger partial charge in [0.25, 0.3) is 10.0 Å². The van der Waals surface area contributed by atoms with Crippen LogP contribution in [0.25, 0.3) is 0 Å². The molecule has 9 heteroatoms. The number of piperidine rings is 1. The smallest absolute Gasteiger partial charge is 0.261 e. The van der Waals surface area contributed by atoms with Crippen molar-refractivity contribution in [2.24, 2.45) is 5.14 Å². The molecule has 2 aromatic rings. The van der Waals surface area contributed by atoms with Crippen LogP contribution in [0.4, 0.5) is 11.4 Å². The van der Waals surface area contributed by atoms with Gasteiger partial charge >= 0.3 is 0 Å². The predicted molar refractivity (Wildman–Crippen MR) is 101 cm³/mol. The zero-order chi connectivity index (χ0) is 18.8. The molecule has 26 heavy (non-hydrogen) atoms. The molecule has 0 unspecified atom stereocenters. The lowest BCUT2D eigenvalue weighted by atomic mass is 10.1. The van der Waals surface area contributed by atoms with Crippen molar-refractivity contribution in [1.29, 1.82) is 0 Å². The Hall–Kier alpha value is -2.10. The van der Waals surface area contributed by atoms with Gasteiger partial charge < -0.3 is 4.90 Å². The largest absolute Gasteiger partial charge is 0.370 e. The molecule has 0 spiro atoms. The van der Waals surface area contributed by atoms with E-state index in [4.69, 9.17) is 5.14 Å². The SMILES string of the molecule is NS(=O)(=O)c1ccc(S(=O)(=O)Nc2ccccc2N2CCCCC2)cc1. The highest BCUT2D eigenvalue weighted by Gasteiger charge is 2.20. The summed E-state index contributed by atoms with van der Waals surface area (Å²) in [6.07, 6.45) is 3.34. The third-order valence-corrected chi connectivity index (χ3v) is 6.62. The minimum absolute atomic E-state index is 0.0293. The van der Waals surface area contributed by atoms with Gasteiger partial charge in [0.15, 0.2) is 0 Å². The van der Waals surface area contributed by atoms with E-state index in [1.165, 1.54) is 30.7 Å². The maximum absolute atomic E-state index is 12.7. The van der Waals surface area contributed by atoms with Gasteiger partial charge in [-0.2, -0.15) is 0 Å². The minimum atomic E-state index is -3.87. The second kappa shape index (κ2) is 7.26. The summed E-state index contributed by atoms with van der Waals surface area (Å²) in [4.78, 5) is 2.01. The van der Waals surface area contributed by atoms with E-state index in [0.29, 0.717) is 5.69 Å². The summed E-state index contributed by atoms with van der Waals surface area (Å²) in [5, 5.41) is 5.04. The summed E-state index contributed by atoms with van der Waals surface area (Å²) in [6, 6.07) is 12.1. The van der Waals surface area contributed by atoms with Crippen LogP contribution in [-0.2, 0) is 20.0 Å². The van der Waals surface area contributed by atoms with Crippen LogP contribution in [0.2, 0.25) is 0 Å². The van der Waals surface area contributed by atoms with Crippen molar-refractivity contribution < 1.29 is 16.8 Å². The van der Waals surface area contributed by atoms with Crippen LogP contribution in [0.3, 0.4) is 0 Å². The summed E-state index contributed by atoms with van der Waals surface area (Å²) in [5.74, 6) is 0. The lowest BCUT2D eigenvalue weighted by molar-refractivity contribution is 0.578. The fourth-order valence-electron chi connectivity index (χ4n) is 2.98. The summed E-state index contributed by atoms with van der Waals surface area (Å²) in [7, 11) is -7.72. The van der Waals surface area contributed by atoms with E-state index in [1.54, 1.807) is 12.1 Å². The van der Waals surface area contributed by atoms with E-state index in [-0.39, 0.29) is 9.79 Å². The Bertz CT molecular complexity index is 981. The van der Waals surface area contributed by atoms with Crippen molar-refractivity contribution in [3.8, 4) is 0 Å². The maximum atomic E-state index is 12.7. The average molecular weight is 396 g/mol. The molecule has 0 aliphatic carbocycles. The molecule has 3 rings (SSSR count). The summed E-state index contributed by atoms with van der Waals surface area (Å²) in [5.41, 5.74) is 1.35. The zero-order valence-corrected chi connectivity index (χ0v) is 15.8. The average Bonchev–Trinajstić information content (AvgIpc) is 2.62. The Labute approximate surface area is 153 Å². The molecular weight excluding hydrogens is 374 g/mol. The molecular formula is C17H21N3O4S2. The number of nitrogens with one attached hydrogen (secondary N) is 1. The first-order valence-corrected chi connectivity index (χ1v) is 11.3. The number of primary sulfonamides is 1. The third-order valence-electron chi connectivity index (χ3n) is 4.31. The molecule has 0 aromatic heterocycles. The number of para-hydroxylation sites is 2. The van der Waals surface area contributed by atoms with Gasteiger partial charge in [-0.05, 0) is 55.7 Å². The molecule has 1 aliphatic heterocycles. The number of nitrogens with two attached hydrogens (primary N) is 1. The zero-order valence-electron chi connectivity index (χ0n) is 14.1. The highest BCUT2D eigenvalue weighted by Crippen LogP contribution is 2.30. The highest BCUT2D eigenvalue weighted by atomic mass is 32.2. The number of benzene rings is 2. The maximum Gasteiger partial charge on any atom is 0.261 e. The Morgan fingerprint density at radius 1 is 0.808 bits per heavy atom. The van der Waals surface area contributed by atoms with Crippen LogP contribution in [0.1, 0.15) is 19.3 Å². The van der Waals surface area contributed by atoms with Crippen LogP contribution in [0, 0.1) is 0 Å². The molecule has 2 aromatic carbocycles. The molecule has 140 valence electrons. The molecule has 1 heterocycles. The molecule has 1 aliphatic rings. The molecule has 3 N–H and O–H groups in total. The second-order valence-corrected chi connectivity index (χ2v) is 9.43. The third kappa shape index (κ3) is 4.17. The molecule has 0 saturated carbocycles. The fraction of sp³-hybridized carbons (Fsp3) is 0.294. The Kier molecular flexibility index (Phi) is 5.22. The summed E-state index contributed by atoms with van der Waals surface area (Å²) < 4.78 is 50.6. The van der Waals surface area contributed by atoms with Crippen LogP contribution < -0.4 is 14.8 Å². The van der Waals surface area contributed by atoms with Crippen molar-refractivity contribution in [1.82, 2.24) is 0 Å². The van der Waals surface area contributed by atoms with Gasteiger partial charge in [-0.1, -0.05) is 12.1 Å². The van der Waals surface area contributed by atoms with Gasteiger partial charge in [0.05, 0.1) is 21.2 Å². The molecule has 7 nitrogen and oxygen atoms in total. The Balaban J connectivity index is 1.88. The number of sulfonamides is 2. The number of nitrogens with zero attached hydrogens (tertiary/aromatic N) is 1. The standard InChI is InChI=1S/C17H21N3O4S2/c18-25(21,22)14-8-10-15(11-9-14)26(23,24)19-16-6-2-3-7-17(16)20-12-4-1-5-13-20/h2-3,6-11,19H,1,4-5,12-13H2,(H2,18,21,22). The van der Waals surface area contributed by atoms with Crippen molar-refractivity contribution in [2.75, 3.05) is 22.7 Å². The van der Waals surface area contributed by atoms with Crippen LogP contribution >= 0.6 is 0 Å². The topological polar surface area (TPSA) is 110 Å². The first-order chi connectivity index (χ1) is 12.3. The fourth-order valence-corrected chi connectivity index (χ4v) is 4.57. The van der Waals surface area contributed by atoms with E-state index in [0.717, 1.165) is 31.6 Å². The van der Waals surface area contributed by atoms with E-state index < -0.39 is 20.0 Å². The van der Waals surface area contributed by atoms with E-state index >= 15 is 0 Å². The lowest BCUT2D eigenvalue weighted by Crippen LogP contribution is -2.30. The van der Waals surface area contributed by atoms with Gasteiger partial charge in [-0.3, -0.25) is 4.72 Å². The first-order valence-electron chi connectivity index (χ1n) is 8.27. The molecule has 1 fully saturated rings. The van der Waals surface area contributed by atoms with Crippen molar-refractivity contribution in [2.45, 2.75) is 29.1 Å².